The average Bonchev–Trinajstić information content (AvgIpc) is 2.49. The maximum Gasteiger partial charge on any atom is 0.336 e. The molecule has 1 atom stereocenters. The number of hydrogen-bond donors (Lipinski definition) is 1. The molecule has 0 aliphatic carbocycles. The normalized spacial score (nSPS) is 12.2. The molecule has 0 spiro atoms. The number of fused-ring (bicyclic) bond motifs is 1. The standard InChI is InChI=1S/C17H19NO6/c1-9(2)16(17(21)22)18-14(19)8-23-11-4-5-12-10(3)6-15(20)24-13(12)7-11/h4-7,9,16H,8H2,1-3H3,(H,18,19)(H,21,22)/p-1. The van der Waals surface area contributed by atoms with Crippen LogP contribution < -0.4 is 20.8 Å². The van der Waals surface area contributed by atoms with Crippen molar-refractivity contribution in [1.29, 1.82) is 0 Å². The molecule has 0 aliphatic heterocycles. The van der Waals surface area contributed by atoms with Crippen LogP contribution in [0.5, 0.6) is 5.75 Å². The molecular weight excluding hydrogens is 314 g/mol. The predicted molar refractivity (Wildman–Crippen MR) is 84.5 cm³/mol. The molecule has 0 aliphatic rings. The minimum Gasteiger partial charge on any atom is -0.548 e. The van der Waals surface area contributed by atoms with E-state index in [1.807, 2.05) is 0 Å². The van der Waals surface area contributed by atoms with Gasteiger partial charge in [-0.3, -0.25) is 4.79 Å². The van der Waals surface area contributed by atoms with Gasteiger partial charge in [-0.2, -0.15) is 0 Å². The number of benzene rings is 1. The van der Waals surface area contributed by atoms with E-state index in [4.69, 9.17) is 9.15 Å². The van der Waals surface area contributed by atoms with E-state index < -0.39 is 23.5 Å². The zero-order valence-corrected chi connectivity index (χ0v) is 13.6. The van der Waals surface area contributed by atoms with Gasteiger partial charge in [0.05, 0.1) is 12.0 Å². The van der Waals surface area contributed by atoms with Crippen LogP contribution in [-0.2, 0) is 9.59 Å². The van der Waals surface area contributed by atoms with Crippen molar-refractivity contribution in [3.05, 3.63) is 40.2 Å². The van der Waals surface area contributed by atoms with Gasteiger partial charge in [-0.05, 0) is 30.5 Å². The van der Waals surface area contributed by atoms with E-state index in [0.29, 0.717) is 11.3 Å². The first-order valence-corrected chi connectivity index (χ1v) is 7.45. The zero-order chi connectivity index (χ0) is 17.9. The number of rotatable bonds is 6. The Balaban J connectivity index is 2.06. The number of amides is 1. The van der Waals surface area contributed by atoms with Gasteiger partial charge in [0.25, 0.3) is 5.91 Å². The van der Waals surface area contributed by atoms with E-state index in [2.05, 4.69) is 5.32 Å². The second-order valence-electron chi connectivity index (χ2n) is 5.80. The number of aliphatic carboxylic acids is 1. The molecule has 0 bridgehead atoms. The fraction of sp³-hybridized carbons (Fsp3) is 0.353. The molecule has 0 saturated heterocycles. The number of hydrogen-bond acceptors (Lipinski definition) is 6. The topological polar surface area (TPSA) is 109 Å². The van der Waals surface area contributed by atoms with Gasteiger partial charge in [-0.25, -0.2) is 4.79 Å². The van der Waals surface area contributed by atoms with Gasteiger partial charge in [0.15, 0.2) is 6.61 Å². The lowest BCUT2D eigenvalue weighted by molar-refractivity contribution is -0.309. The number of carboxylic acids is 1. The van der Waals surface area contributed by atoms with Gasteiger partial charge >= 0.3 is 5.63 Å². The quantitative estimate of drug-likeness (QED) is 0.766. The highest BCUT2D eigenvalue weighted by Gasteiger charge is 2.17. The van der Waals surface area contributed by atoms with Crippen LogP contribution in [0, 0.1) is 12.8 Å². The third kappa shape index (κ3) is 4.13. The molecule has 24 heavy (non-hydrogen) atoms. The van der Waals surface area contributed by atoms with Gasteiger partial charge in [0, 0.05) is 17.5 Å². The Morgan fingerprint density at radius 3 is 2.62 bits per heavy atom. The number of ether oxygens (including phenoxy) is 1. The predicted octanol–water partition coefficient (Wildman–Crippen LogP) is 0.371. The molecule has 1 amide bonds. The van der Waals surface area contributed by atoms with Crippen molar-refractivity contribution in [3.8, 4) is 5.75 Å². The molecule has 7 nitrogen and oxygen atoms in total. The van der Waals surface area contributed by atoms with E-state index in [-0.39, 0.29) is 12.5 Å². The lowest BCUT2D eigenvalue weighted by atomic mass is 10.1. The van der Waals surface area contributed by atoms with Crippen LogP contribution in [-0.4, -0.2) is 24.5 Å². The molecule has 0 fully saturated rings. The number of aryl methyl sites for hydroxylation is 1. The van der Waals surface area contributed by atoms with Gasteiger partial charge in [0.2, 0.25) is 0 Å². The summed E-state index contributed by atoms with van der Waals surface area (Å²) in [7, 11) is 0. The first-order chi connectivity index (χ1) is 11.3. The molecule has 1 heterocycles. The number of carboxylic acid groups (broad SMARTS) is 1. The lowest BCUT2D eigenvalue weighted by Gasteiger charge is -2.23. The van der Waals surface area contributed by atoms with Crippen molar-refractivity contribution in [2.75, 3.05) is 6.61 Å². The maximum atomic E-state index is 11.8. The minimum atomic E-state index is -1.35. The van der Waals surface area contributed by atoms with Crippen LogP contribution >= 0.6 is 0 Å². The van der Waals surface area contributed by atoms with E-state index >= 15 is 0 Å². The van der Waals surface area contributed by atoms with Crippen LogP contribution in [0.25, 0.3) is 11.0 Å². The van der Waals surface area contributed by atoms with Crippen molar-refractivity contribution in [2.45, 2.75) is 26.8 Å². The van der Waals surface area contributed by atoms with E-state index in [9.17, 15) is 19.5 Å². The van der Waals surface area contributed by atoms with Gasteiger partial charge < -0.3 is 24.4 Å². The van der Waals surface area contributed by atoms with Crippen LogP contribution in [0.15, 0.2) is 33.5 Å². The van der Waals surface area contributed by atoms with Crippen molar-refractivity contribution >= 4 is 22.8 Å². The Morgan fingerprint density at radius 1 is 1.29 bits per heavy atom. The van der Waals surface area contributed by atoms with Gasteiger partial charge in [-0.15, -0.1) is 0 Å². The summed E-state index contributed by atoms with van der Waals surface area (Å²) in [6, 6.07) is 5.18. The molecule has 1 N–H and O–H groups in total. The summed E-state index contributed by atoms with van der Waals surface area (Å²) in [5.74, 6) is -1.90. The van der Waals surface area contributed by atoms with Crippen LogP contribution in [0.4, 0.5) is 0 Å². The summed E-state index contributed by atoms with van der Waals surface area (Å²) in [6.07, 6.45) is 0. The molecule has 2 rings (SSSR count). The molecule has 0 radical (unpaired) electrons. The molecule has 128 valence electrons. The number of carbonyl (C=O) groups excluding carboxylic acids is 2. The summed E-state index contributed by atoms with van der Waals surface area (Å²) in [5, 5.41) is 14.1. The maximum absolute atomic E-state index is 11.8. The van der Waals surface area contributed by atoms with Gasteiger partial charge in [-0.1, -0.05) is 13.8 Å². The highest BCUT2D eigenvalue weighted by atomic mass is 16.5. The monoisotopic (exact) mass is 332 g/mol. The summed E-state index contributed by atoms with van der Waals surface area (Å²) in [6.45, 7) is 4.75. The number of carbonyl (C=O) groups is 2. The van der Waals surface area contributed by atoms with Crippen molar-refractivity contribution < 1.29 is 23.8 Å². The Kier molecular flexibility index (Phi) is 5.23. The van der Waals surface area contributed by atoms with Crippen LogP contribution in [0.1, 0.15) is 19.4 Å². The van der Waals surface area contributed by atoms with E-state index in [0.717, 1.165) is 10.9 Å². The Morgan fingerprint density at radius 2 is 2.00 bits per heavy atom. The third-order valence-corrected chi connectivity index (χ3v) is 3.53. The van der Waals surface area contributed by atoms with E-state index in [1.165, 1.54) is 12.1 Å². The fourth-order valence-electron chi connectivity index (χ4n) is 2.26. The van der Waals surface area contributed by atoms with Crippen molar-refractivity contribution in [1.82, 2.24) is 5.32 Å². The van der Waals surface area contributed by atoms with Crippen LogP contribution in [0.2, 0.25) is 0 Å². The molecule has 0 saturated carbocycles. The summed E-state index contributed by atoms with van der Waals surface area (Å²) in [5.41, 5.74) is 0.663. The number of nitrogens with one attached hydrogen (secondary N) is 1. The molecule has 2 aromatic rings. The van der Waals surface area contributed by atoms with Gasteiger partial charge in [0.1, 0.15) is 11.3 Å². The summed E-state index contributed by atoms with van der Waals surface area (Å²) < 4.78 is 10.4. The Hall–Kier alpha value is -2.83. The Labute approximate surface area is 138 Å². The highest BCUT2D eigenvalue weighted by Crippen LogP contribution is 2.22. The Bertz CT molecular complexity index is 823. The average molecular weight is 332 g/mol. The smallest absolute Gasteiger partial charge is 0.336 e. The van der Waals surface area contributed by atoms with Crippen molar-refractivity contribution in [3.63, 3.8) is 0 Å². The minimum absolute atomic E-state index is 0.308. The lowest BCUT2D eigenvalue weighted by Crippen LogP contribution is -2.51. The molecule has 1 unspecified atom stereocenters. The van der Waals surface area contributed by atoms with Crippen molar-refractivity contribution in [2.24, 2.45) is 5.92 Å². The molecule has 1 aromatic carbocycles. The highest BCUT2D eigenvalue weighted by molar-refractivity contribution is 5.84. The molecule has 7 heteroatoms. The second-order valence-corrected chi connectivity index (χ2v) is 5.80. The zero-order valence-electron chi connectivity index (χ0n) is 13.6. The SMILES string of the molecule is Cc1cc(=O)oc2cc(OCC(=O)NC(C(=O)[O-])C(C)C)ccc12. The largest absolute Gasteiger partial charge is 0.548 e. The van der Waals surface area contributed by atoms with Crippen LogP contribution in [0.3, 0.4) is 0 Å². The fourth-order valence-corrected chi connectivity index (χ4v) is 2.26. The first kappa shape index (κ1) is 17.5. The summed E-state index contributed by atoms with van der Waals surface area (Å²) in [4.78, 5) is 34.2. The van der Waals surface area contributed by atoms with E-state index in [1.54, 1.807) is 32.9 Å². The summed E-state index contributed by atoms with van der Waals surface area (Å²) >= 11 is 0. The first-order valence-electron chi connectivity index (χ1n) is 7.45. The molecule has 1 aromatic heterocycles. The second kappa shape index (κ2) is 7.16. The third-order valence-electron chi connectivity index (χ3n) is 3.53. The molecular formula is C17H18NO6-.